The molecular formula is C40H44N4O4. The number of carbonyl (C=O) groups is 2. The van der Waals surface area contributed by atoms with Gasteiger partial charge in [0.05, 0.1) is 12.7 Å². The van der Waals surface area contributed by atoms with Crippen LogP contribution in [0.25, 0.3) is 4.85 Å². The number of nitrogens with zero attached hydrogens (tertiary/aromatic N) is 4. The zero-order valence-electron chi connectivity index (χ0n) is 27.9. The van der Waals surface area contributed by atoms with Gasteiger partial charge in [-0.3, -0.25) is 14.6 Å². The van der Waals surface area contributed by atoms with E-state index in [0.29, 0.717) is 38.3 Å². The second-order valence-electron chi connectivity index (χ2n) is 13.3. The minimum Gasteiger partial charge on any atom is -0.444 e. The van der Waals surface area contributed by atoms with Crippen LogP contribution >= 0.6 is 0 Å². The lowest BCUT2D eigenvalue weighted by molar-refractivity contribution is -0.150. The van der Waals surface area contributed by atoms with Crippen molar-refractivity contribution in [2.24, 2.45) is 0 Å². The summed E-state index contributed by atoms with van der Waals surface area (Å²) in [4.78, 5) is 37.2. The van der Waals surface area contributed by atoms with Gasteiger partial charge in [0, 0.05) is 38.8 Å². The number of hydrogen-bond donors (Lipinski definition) is 1. The molecule has 1 fully saturated rings. The Morgan fingerprint density at radius 1 is 0.854 bits per heavy atom. The largest absolute Gasteiger partial charge is 0.444 e. The van der Waals surface area contributed by atoms with Crippen LogP contribution in [-0.4, -0.2) is 68.7 Å². The van der Waals surface area contributed by atoms with Crippen molar-refractivity contribution in [3.63, 3.8) is 0 Å². The van der Waals surface area contributed by atoms with Crippen molar-refractivity contribution < 1.29 is 19.4 Å². The first-order chi connectivity index (χ1) is 23.1. The van der Waals surface area contributed by atoms with Crippen LogP contribution in [0.2, 0.25) is 0 Å². The van der Waals surface area contributed by atoms with Crippen LogP contribution in [0, 0.1) is 6.57 Å². The van der Waals surface area contributed by atoms with Crippen LogP contribution < -0.4 is 0 Å². The monoisotopic (exact) mass is 644 g/mol. The van der Waals surface area contributed by atoms with Crippen LogP contribution in [0.5, 0.6) is 0 Å². The Kier molecular flexibility index (Phi) is 11.3. The Bertz CT molecular complexity index is 1640. The Balaban J connectivity index is 1.58. The van der Waals surface area contributed by atoms with E-state index in [1.165, 1.54) is 4.90 Å². The zero-order valence-corrected chi connectivity index (χ0v) is 27.9. The molecule has 8 heteroatoms. The van der Waals surface area contributed by atoms with E-state index in [-0.39, 0.29) is 12.5 Å². The molecular weight excluding hydrogens is 600 g/mol. The minimum absolute atomic E-state index is 0.215. The van der Waals surface area contributed by atoms with E-state index in [4.69, 9.17) is 11.3 Å². The number of piperazine rings is 1. The van der Waals surface area contributed by atoms with Crippen LogP contribution in [0.1, 0.15) is 43.0 Å². The fourth-order valence-electron chi connectivity index (χ4n) is 6.21. The number of carbonyl (C=O) groups excluding carboxylic acids is 2. The molecule has 3 atom stereocenters. The molecule has 0 aliphatic carbocycles. The van der Waals surface area contributed by atoms with Gasteiger partial charge < -0.3 is 14.7 Å². The minimum atomic E-state index is -1.30. The molecule has 0 bridgehead atoms. The number of ether oxygens (including phenoxy) is 1. The summed E-state index contributed by atoms with van der Waals surface area (Å²) in [5.74, 6) is -0.331. The maximum atomic E-state index is 14.5. The molecule has 0 radical (unpaired) electrons. The Morgan fingerprint density at radius 3 is 1.94 bits per heavy atom. The van der Waals surface area contributed by atoms with Gasteiger partial charge in [0.1, 0.15) is 11.6 Å². The molecule has 0 saturated carbocycles. The Morgan fingerprint density at radius 2 is 1.40 bits per heavy atom. The molecule has 4 aromatic carbocycles. The van der Waals surface area contributed by atoms with Gasteiger partial charge in [-0.1, -0.05) is 121 Å². The summed E-state index contributed by atoms with van der Waals surface area (Å²) in [7, 11) is 0. The molecule has 248 valence electrons. The standard InChI is InChI=1S/C40H44N4O4/c1-40(2,3)48-39(47)44-24-23-42(27-30-15-8-5-9-16-30)38(46)36(44)37(45)35(26-33-21-14-22-34(25-33)41-4)43(28-31-17-10-6-11-18-31)29-32-19-12-7-13-20-32/h5-22,25,35-37,45H,23-24,26-29H2,1-3H3/t35-,36-,37-/m0/s1. The Labute approximate surface area is 284 Å². The maximum Gasteiger partial charge on any atom is 0.411 e. The van der Waals surface area contributed by atoms with Crippen molar-refractivity contribution in [1.29, 1.82) is 0 Å². The molecule has 1 N–H and O–H groups in total. The summed E-state index contributed by atoms with van der Waals surface area (Å²) < 4.78 is 5.80. The van der Waals surface area contributed by atoms with Crippen molar-refractivity contribution in [2.75, 3.05) is 13.1 Å². The topological polar surface area (TPSA) is 77.7 Å². The number of rotatable bonds is 11. The van der Waals surface area contributed by atoms with E-state index in [0.717, 1.165) is 22.3 Å². The highest BCUT2D eigenvalue weighted by molar-refractivity contribution is 5.87. The van der Waals surface area contributed by atoms with E-state index < -0.39 is 29.9 Å². The fourth-order valence-corrected chi connectivity index (χ4v) is 6.21. The molecule has 4 aromatic rings. The average Bonchev–Trinajstić information content (AvgIpc) is 3.08. The molecule has 8 nitrogen and oxygen atoms in total. The van der Waals surface area contributed by atoms with Gasteiger partial charge in [-0.25, -0.2) is 9.64 Å². The van der Waals surface area contributed by atoms with Crippen molar-refractivity contribution in [1.82, 2.24) is 14.7 Å². The first-order valence-electron chi connectivity index (χ1n) is 16.4. The van der Waals surface area contributed by atoms with Crippen molar-refractivity contribution in [3.8, 4) is 0 Å². The lowest BCUT2D eigenvalue weighted by Crippen LogP contribution is -2.66. The SMILES string of the molecule is [C-]#[N+]c1cccc(C[C@@H]([C@H](O)[C@H]2C(=O)N(Cc3ccccc3)CCN2C(=O)OC(C)(C)C)N(Cc2ccccc2)Cc2ccccc2)c1. The molecule has 0 unspecified atom stereocenters. The van der Waals surface area contributed by atoms with E-state index in [1.807, 2.05) is 109 Å². The summed E-state index contributed by atoms with van der Waals surface area (Å²) in [6.45, 7) is 14.8. The average molecular weight is 645 g/mol. The highest BCUT2D eigenvalue weighted by atomic mass is 16.6. The van der Waals surface area contributed by atoms with Gasteiger partial charge in [0.25, 0.3) is 0 Å². The summed E-state index contributed by atoms with van der Waals surface area (Å²) in [6, 6.07) is 35.3. The summed E-state index contributed by atoms with van der Waals surface area (Å²) in [5, 5.41) is 12.6. The van der Waals surface area contributed by atoms with Crippen molar-refractivity contribution in [2.45, 2.75) is 70.6 Å². The maximum absolute atomic E-state index is 14.5. The van der Waals surface area contributed by atoms with Gasteiger partial charge in [0.2, 0.25) is 5.91 Å². The number of hydrogen-bond acceptors (Lipinski definition) is 5. The quantitative estimate of drug-likeness (QED) is 0.181. The number of benzene rings is 4. The molecule has 1 aliphatic rings. The number of aliphatic hydroxyl groups excluding tert-OH is 1. The molecule has 0 spiro atoms. The predicted octanol–water partition coefficient (Wildman–Crippen LogP) is 6.86. The van der Waals surface area contributed by atoms with Gasteiger partial charge in [-0.15, -0.1) is 0 Å². The first kappa shape index (κ1) is 34.4. The zero-order chi connectivity index (χ0) is 34.1. The molecule has 1 saturated heterocycles. The van der Waals surface area contributed by atoms with Crippen molar-refractivity contribution in [3.05, 3.63) is 149 Å². The van der Waals surface area contributed by atoms with E-state index in [2.05, 4.69) is 9.74 Å². The molecule has 1 aliphatic heterocycles. The first-order valence-corrected chi connectivity index (χ1v) is 16.4. The Hall–Kier alpha value is -4.97. The third-order valence-corrected chi connectivity index (χ3v) is 8.48. The third-order valence-electron chi connectivity index (χ3n) is 8.48. The number of aliphatic hydroxyl groups is 1. The van der Waals surface area contributed by atoms with Crippen LogP contribution in [0.4, 0.5) is 10.5 Å². The molecule has 48 heavy (non-hydrogen) atoms. The lowest BCUT2D eigenvalue weighted by Gasteiger charge is -2.46. The highest BCUT2D eigenvalue weighted by Gasteiger charge is 2.47. The fraction of sp³-hybridized carbons (Fsp3) is 0.325. The van der Waals surface area contributed by atoms with Crippen molar-refractivity contribution >= 4 is 17.7 Å². The van der Waals surface area contributed by atoms with E-state index in [1.54, 1.807) is 31.7 Å². The predicted molar refractivity (Wildman–Crippen MR) is 187 cm³/mol. The van der Waals surface area contributed by atoms with E-state index in [9.17, 15) is 14.7 Å². The molecule has 0 aromatic heterocycles. The summed E-state index contributed by atoms with van der Waals surface area (Å²) in [5.41, 5.74) is 3.62. The summed E-state index contributed by atoms with van der Waals surface area (Å²) in [6.07, 6.45) is -1.59. The number of amides is 2. The van der Waals surface area contributed by atoms with Gasteiger partial charge in [-0.2, -0.15) is 0 Å². The third kappa shape index (κ3) is 9.09. The van der Waals surface area contributed by atoms with Crippen LogP contribution in [0.3, 0.4) is 0 Å². The molecule has 5 rings (SSSR count). The molecule has 2 amide bonds. The second-order valence-corrected chi connectivity index (χ2v) is 13.3. The van der Waals surface area contributed by atoms with Gasteiger partial charge in [0.15, 0.2) is 5.69 Å². The normalized spacial score (nSPS) is 16.3. The summed E-state index contributed by atoms with van der Waals surface area (Å²) >= 11 is 0. The van der Waals surface area contributed by atoms with E-state index >= 15 is 0 Å². The highest BCUT2D eigenvalue weighted by Crippen LogP contribution is 2.28. The molecule has 1 heterocycles. The van der Waals surface area contributed by atoms with Crippen LogP contribution in [0.15, 0.2) is 115 Å². The van der Waals surface area contributed by atoms with Gasteiger partial charge in [-0.05, 0) is 43.9 Å². The van der Waals surface area contributed by atoms with Crippen LogP contribution in [-0.2, 0) is 35.6 Å². The van der Waals surface area contributed by atoms with Gasteiger partial charge >= 0.3 is 6.09 Å². The smallest absolute Gasteiger partial charge is 0.411 e. The second kappa shape index (κ2) is 15.7. The lowest BCUT2D eigenvalue weighted by atomic mass is 9.91.